The second kappa shape index (κ2) is 6.43. The normalized spacial score (nSPS) is 12.2. The van der Waals surface area contributed by atoms with E-state index in [4.69, 9.17) is 10.2 Å². The number of hydrogen-bond donors (Lipinski definition) is 2. The van der Waals surface area contributed by atoms with Gasteiger partial charge >= 0.3 is 11.9 Å². The Morgan fingerprint density at radius 3 is 2.40 bits per heavy atom. The SMILES string of the molecule is O=C(O)CC(CSc1ccc2ccccc2c1)C(=O)O. The first-order chi connectivity index (χ1) is 9.56. The quantitative estimate of drug-likeness (QED) is 0.800. The van der Waals surface area contributed by atoms with Crippen molar-refractivity contribution in [3.05, 3.63) is 42.5 Å². The van der Waals surface area contributed by atoms with Crippen molar-refractivity contribution in [3.63, 3.8) is 0 Å². The van der Waals surface area contributed by atoms with Gasteiger partial charge in [0.2, 0.25) is 0 Å². The van der Waals surface area contributed by atoms with Crippen LogP contribution in [0.15, 0.2) is 47.4 Å². The molecule has 1 atom stereocenters. The molecule has 0 aliphatic rings. The maximum atomic E-state index is 11.0. The summed E-state index contributed by atoms with van der Waals surface area (Å²) < 4.78 is 0. The molecule has 0 bridgehead atoms. The van der Waals surface area contributed by atoms with E-state index in [9.17, 15) is 9.59 Å². The van der Waals surface area contributed by atoms with E-state index in [0.29, 0.717) is 0 Å². The Labute approximate surface area is 120 Å². The minimum atomic E-state index is -1.09. The van der Waals surface area contributed by atoms with Gasteiger partial charge in [-0.2, -0.15) is 0 Å². The van der Waals surface area contributed by atoms with E-state index >= 15 is 0 Å². The summed E-state index contributed by atoms with van der Waals surface area (Å²) in [6.07, 6.45) is -0.351. The molecule has 2 N–H and O–H groups in total. The number of rotatable bonds is 6. The number of aliphatic carboxylic acids is 2. The molecule has 0 spiro atoms. The van der Waals surface area contributed by atoms with E-state index in [1.807, 2.05) is 42.5 Å². The highest BCUT2D eigenvalue weighted by atomic mass is 32.2. The maximum Gasteiger partial charge on any atom is 0.307 e. The van der Waals surface area contributed by atoms with Crippen molar-refractivity contribution in [3.8, 4) is 0 Å². The van der Waals surface area contributed by atoms with Crippen LogP contribution in [-0.2, 0) is 9.59 Å². The Morgan fingerprint density at radius 2 is 1.75 bits per heavy atom. The monoisotopic (exact) mass is 290 g/mol. The zero-order chi connectivity index (χ0) is 14.5. The molecule has 104 valence electrons. The molecule has 0 amide bonds. The fourth-order valence-corrected chi connectivity index (χ4v) is 2.91. The summed E-state index contributed by atoms with van der Waals surface area (Å²) in [6, 6.07) is 13.8. The summed E-state index contributed by atoms with van der Waals surface area (Å²) >= 11 is 1.37. The van der Waals surface area contributed by atoms with Crippen LogP contribution >= 0.6 is 11.8 Å². The fraction of sp³-hybridized carbons (Fsp3) is 0.200. The number of benzene rings is 2. The third-order valence-corrected chi connectivity index (χ3v) is 4.10. The van der Waals surface area contributed by atoms with E-state index in [0.717, 1.165) is 15.7 Å². The van der Waals surface area contributed by atoms with Crippen LogP contribution in [0.4, 0.5) is 0 Å². The second-order valence-corrected chi connectivity index (χ2v) is 5.55. The molecule has 1 unspecified atom stereocenters. The zero-order valence-electron chi connectivity index (χ0n) is 10.7. The Balaban J connectivity index is 2.07. The first-order valence-electron chi connectivity index (χ1n) is 6.12. The highest BCUT2D eigenvalue weighted by molar-refractivity contribution is 7.99. The average Bonchev–Trinajstić information content (AvgIpc) is 2.42. The maximum absolute atomic E-state index is 11.0. The van der Waals surface area contributed by atoms with E-state index in [1.165, 1.54) is 11.8 Å². The van der Waals surface area contributed by atoms with Crippen molar-refractivity contribution in [2.75, 3.05) is 5.75 Å². The smallest absolute Gasteiger partial charge is 0.307 e. The molecule has 0 saturated heterocycles. The number of carboxylic acid groups (broad SMARTS) is 2. The van der Waals surface area contributed by atoms with Crippen LogP contribution in [-0.4, -0.2) is 27.9 Å². The Morgan fingerprint density at radius 1 is 1.05 bits per heavy atom. The molecule has 0 fully saturated rings. The summed E-state index contributed by atoms with van der Waals surface area (Å²) in [6.45, 7) is 0. The molecule has 5 heteroatoms. The molecule has 0 aliphatic carbocycles. The second-order valence-electron chi connectivity index (χ2n) is 4.45. The zero-order valence-corrected chi connectivity index (χ0v) is 11.5. The third kappa shape index (κ3) is 3.74. The fourth-order valence-electron chi connectivity index (χ4n) is 1.88. The molecule has 2 rings (SSSR count). The van der Waals surface area contributed by atoms with E-state index < -0.39 is 17.9 Å². The molecule has 20 heavy (non-hydrogen) atoms. The topological polar surface area (TPSA) is 74.6 Å². The molecule has 0 heterocycles. The van der Waals surface area contributed by atoms with Crippen molar-refractivity contribution in [1.82, 2.24) is 0 Å². The summed E-state index contributed by atoms with van der Waals surface area (Å²) in [7, 11) is 0. The highest BCUT2D eigenvalue weighted by Crippen LogP contribution is 2.26. The van der Waals surface area contributed by atoms with Crippen LogP contribution in [0.2, 0.25) is 0 Å². The van der Waals surface area contributed by atoms with Gasteiger partial charge in [-0.25, -0.2) is 0 Å². The van der Waals surface area contributed by atoms with Gasteiger partial charge < -0.3 is 10.2 Å². The van der Waals surface area contributed by atoms with Crippen LogP contribution in [0.25, 0.3) is 10.8 Å². The highest BCUT2D eigenvalue weighted by Gasteiger charge is 2.21. The van der Waals surface area contributed by atoms with Gasteiger partial charge in [0, 0.05) is 10.6 Å². The van der Waals surface area contributed by atoms with Crippen molar-refractivity contribution in [2.24, 2.45) is 5.92 Å². The van der Waals surface area contributed by atoms with Crippen molar-refractivity contribution >= 4 is 34.5 Å². The van der Waals surface area contributed by atoms with Gasteiger partial charge in [-0.15, -0.1) is 11.8 Å². The largest absolute Gasteiger partial charge is 0.481 e. The Hall–Kier alpha value is -2.01. The first-order valence-corrected chi connectivity index (χ1v) is 7.11. The standard InChI is InChI=1S/C15H14O4S/c16-14(17)8-12(15(18)19)9-20-13-6-5-10-3-1-2-4-11(10)7-13/h1-7,12H,8-9H2,(H,16,17)(H,18,19). The summed E-state index contributed by atoms with van der Waals surface area (Å²) in [4.78, 5) is 22.6. The van der Waals surface area contributed by atoms with Crippen LogP contribution in [0.5, 0.6) is 0 Å². The molecule has 2 aromatic rings. The van der Waals surface area contributed by atoms with E-state index in [1.54, 1.807) is 0 Å². The first kappa shape index (κ1) is 14.4. The molecule has 0 saturated carbocycles. The third-order valence-electron chi connectivity index (χ3n) is 2.94. The number of hydrogen-bond acceptors (Lipinski definition) is 3. The van der Waals surface area contributed by atoms with Crippen LogP contribution in [0.3, 0.4) is 0 Å². The molecule has 0 aliphatic heterocycles. The lowest BCUT2D eigenvalue weighted by molar-refractivity contribution is -0.147. The lowest BCUT2D eigenvalue weighted by atomic mass is 10.1. The molecule has 2 aromatic carbocycles. The van der Waals surface area contributed by atoms with Crippen LogP contribution in [0.1, 0.15) is 6.42 Å². The molecular weight excluding hydrogens is 276 g/mol. The summed E-state index contributed by atoms with van der Waals surface area (Å²) in [5, 5.41) is 19.9. The molecular formula is C15H14O4S. The lowest BCUT2D eigenvalue weighted by Gasteiger charge is -2.09. The molecule has 4 nitrogen and oxygen atoms in total. The number of carboxylic acids is 2. The minimum Gasteiger partial charge on any atom is -0.481 e. The Bertz CT molecular complexity index is 639. The predicted molar refractivity (Wildman–Crippen MR) is 78.1 cm³/mol. The number of thioether (sulfide) groups is 1. The Kier molecular flexibility index (Phi) is 4.63. The predicted octanol–water partition coefficient (Wildman–Crippen LogP) is 3.11. The van der Waals surface area contributed by atoms with Gasteiger partial charge in [0.1, 0.15) is 0 Å². The molecule has 0 radical (unpaired) electrons. The average molecular weight is 290 g/mol. The van der Waals surface area contributed by atoms with Crippen molar-refractivity contribution in [2.45, 2.75) is 11.3 Å². The number of fused-ring (bicyclic) bond motifs is 1. The van der Waals surface area contributed by atoms with E-state index in [-0.39, 0.29) is 12.2 Å². The summed E-state index contributed by atoms with van der Waals surface area (Å²) in [5.41, 5.74) is 0. The van der Waals surface area contributed by atoms with Gasteiger partial charge in [-0.1, -0.05) is 30.3 Å². The minimum absolute atomic E-state index is 0.250. The van der Waals surface area contributed by atoms with Gasteiger partial charge in [0.15, 0.2) is 0 Å². The van der Waals surface area contributed by atoms with Crippen molar-refractivity contribution < 1.29 is 19.8 Å². The van der Waals surface area contributed by atoms with Crippen molar-refractivity contribution in [1.29, 1.82) is 0 Å². The number of carbonyl (C=O) groups is 2. The van der Waals surface area contributed by atoms with Gasteiger partial charge in [-0.3, -0.25) is 9.59 Å². The van der Waals surface area contributed by atoms with Gasteiger partial charge in [-0.05, 0) is 22.9 Å². The lowest BCUT2D eigenvalue weighted by Crippen LogP contribution is -2.20. The van der Waals surface area contributed by atoms with Gasteiger partial charge in [0.05, 0.1) is 12.3 Å². The van der Waals surface area contributed by atoms with Crippen LogP contribution in [0, 0.1) is 5.92 Å². The summed E-state index contributed by atoms with van der Waals surface area (Å²) in [5.74, 6) is -2.78. The van der Waals surface area contributed by atoms with Crippen LogP contribution < -0.4 is 0 Å². The van der Waals surface area contributed by atoms with E-state index in [2.05, 4.69) is 0 Å². The molecule has 0 aromatic heterocycles. The van der Waals surface area contributed by atoms with Gasteiger partial charge in [0.25, 0.3) is 0 Å².